The van der Waals surface area contributed by atoms with Crippen molar-refractivity contribution in [1.82, 2.24) is 0 Å². The second-order valence-electron chi connectivity index (χ2n) is 10.1. The maximum atomic E-state index is 10.0. The van der Waals surface area contributed by atoms with Crippen molar-refractivity contribution in [3.05, 3.63) is 83.6 Å². The minimum atomic E-state index is 0.00448. The van der Waals surface area contributed by atoms with E-state index in [4.69, 9.17) is 9.15 Å². The van der Waals surface area contributed by atoms with Crippen LogP contribution in [0.25, 0.3) is 44.3 Å². The molecular formula is C31H27N2O2+. The van der Waals surface area contributed by atoms with Crippen LogP contribution in [-0.2, 0) is 12.5 Å². The molecule has 2 aromatic heterocycles. The third kappa shape index (κ3) is 3.23. The average Bonchev–Trinajstić information content (AvgIpc) is 3.22. The van der Waals surface area contributed by atoms with Crippen molar-refractivity contribution in [2.75, 3.05) is 6.61 Å². The van der Waals surface area contributed by atoms with Gasteiger partial charge in [-0.15, -0.1) is 0 Å². The van der Waals surface area contributed by atoms with E-state index < -0.39 is 0 Å². The van der Waals surface area contributed by atoms with Gasteiger partial charge < -0.3 is 9.15 Å². The topological polar surface area (TPSA) is 50.0 Å². The number of pyridine rings is 1. The van der Waals surface area contributed by atoms with Gasteiger partial charge in [0, 0.05) is 34.0 Å². The minimum Gasteiger partial charge on any atom is -0.493 e. The molecule has 6 rings (SSSR count). The molecule has 0 saturated carbocycles. The van der Waals surface area contributed by atoms with Gasteiger partial charge in [-0.1, -0.05) is 32.0 Å². The molecule has 0 spiro atoms. The lowest BCUT2D eigenvalue weighted by molar-refractivity contribution is -0.660. The number of rotatable bonds is 2. The lowest BCUT2D eigenvalue weighted by atomic mass is 9.78. The molecule has 172 valence electrons. The molecule has 5 aromatic rings. The first-order chi connectivity index (χ1) is 16.9. The van der Waals surface area contributed by atoms with Crippen molar-refractivity contribution in [3.63, 3.8) is 0 Å². The van der Waals surface area contributed by atoms with E-state index in [9.17, 15) is 5.26 Å². The molecule has 3 aromatic carbocycles. The van der Waals surface area contributed by atoms with Crippen molar-refractivity contribution in [2.24, 2.45) is 7.05 Å². The van der Waals surface area contributed by atoms with Crippen LogP contribution in [0, 0.1) is 18.3 Å². The second-order valence-corrected chi connectivity index (χ2v) is 10.1. The maximum Gasteiger partial charge on any atom is 0.216 e. The summed E-state index contributed by atoms with van der Waals surface area (Å²) in [5.41, 5.74) is 8.51. The van der Waals surface area contributed by atoms with E-state index in [0.717, 1.165) is 68.7 Å². The van der Waals surface area contributed by atoms with Gasteiger partial charge in [0.1, 0.15) is 24.0 Å². The first kappa shape index (κ1) is 21.4. The van der Waals surface area contributed by atoms with E-state index in [-0.39, 0.29) is 5.41 Å². The summed E-state index contributed by atoms with van der Waals surface area (Å²) in [6.07, 6.45) is 3.01. The predicted molar refractivity (Wildman–Crippen MR) is 138 cm³/mol. The summed E-state index contributed by atoms with van der Waals surface area (Å²) in [6, 6.07) is 23.1. The van der Waals surface area contributed by atoms with Crippen LogP contribution >= 0.6 is 0 Å². The number of aryl methyl sites for hydroxylation is 2. The van der Waals surface area contributed by atoms with Crippen molar-refractivity contribution in [2.45, 2.75) is 32.6 Å². The fourth-order valence-electron chi connectivity index (χ4n) is 5.37. The Morgan fingerprint density at radius 2 is 1.71 bits per heavy atom. The van der Waals surface area contributed by atoms with Crippen molar-refractivity contribution < 1.29 is 13.7 Å². The molecule has 4 heteroatoms. The zero-order valence-electron chi connectivity index (χ0n) is 20.5. The van der Waals surface area contributed by atoms with Crippen LogP contribution in [0.2, 0.25) is 0 Å². The molecule has 0 radical (unpaired) electrons. The molecule has 1 aliphatic rings. The van der Waals surface area contributed by atoms with Gasteiger partial charge in [-0.3, -0.25) is 0 Å². The fraction of sp³-hybridized carbons (Fsp3) is 0.226. The number of furan rings is 1. The third-order valence-electron chi connectivity index (χ3n) is 7.43. The molecule has 0 unspecified atom stereocenters. The number of hydrogen-bond donors (Lipinski definition) is 0. The molecule has 0 aliphatic carbocycles. The Kier molecular flexibility index (Phi) is 4.72. The molecule has 0 fully saturated rings. The summed E-state index contributed by atoms with van der Waals surface area (Å²) in [4.78, 5) is 0. The lowest BCUT2D eigenvalue weighted by Crippen LogP contribution is -2.30. The highest BCUT2D eigenvalue weighted by Gasteiger charge is 2.30. The number of benzene rings is 3. The average molecular weight is 460 g/mol. The van der Waals surface area contributed by atoms with E-state index in [1.807, 2.05) is 49.6 Å². The summed E-state index contributed by atoms with van der Waals surface area (Å²) >= 11 is 0. The number of hydrogen-bond acceptors (Lipinski definition) is 3. The van der Waals surface area contributed by atoms with E-state index in [1.54, 1.807) is 0 Å². The zero-order valence-corrected chi connectivity index (χ0v) is 20.5. The predicted octanol–water partition coefficient (Wildman–Crippen LogP) is 6.98. The SMILES string of the molecule is Cc1ccc2c(oc3c(-c4ccc5c(c4)C(C)(C)CCO5)c(C#N)ccc32)c1-c1cccc[n+]1C. The van der Waals surface area contributed by atoms with Crippen molar-refractivity contribution in [1.29, 1.82) is 5.26 Å². The van der Waals surface area contributed by atoms with Crippen LogP contribution in [0.3, 0.4) is 0 Å². The highest BCUT2D eigenvalue weighted by Crippen LogP contribution is 2.45. The lowest BCUT2D eigenvalue weighted by Gasteiger charge is -2.32. The Balaban J connectivity index is 1.68. The highest BCUT2D eigenvalue weighted by molar-refractivity contribution is 6.14. The third-order valence-corrected chi connectivity index (χ3v) is 7.43. The largest absolute Gasteiger partial charge is 0.493 e. The Bertz CT molecular complexity index is 1680. The number of nitrogens with zero attached hydrogens (tertiary/aromatic N) is 2. The van der Waals surface area contributed by atoms with Crippen molar-refractivity contribution >= 4 is 21.9 Å². The molecule has 0 bridgehead atoms. The molecule has 35 heavy (non-hydrogen) atoms. The van der Waals surface area contributed by atoms with Gasteiger partial charge in [-0.2, -0.15) is 5.26 Å². The standard InChI is InChI=1S/C31H27N2O2/c1-19-8-11-22-23-12-9-21(18-32)28(20-10-13-26-24(17-20)31(2,3)14-16-34-26)30(23)35-29(22)27(19)25-7-5-6-15-33(25)4/h5-13,15,17H,14,16H2,1-4H3/q+1. The Labute approximate surface area is 205 Å². The Morgan fingerprint density at radius 3 is 2.49 bits per heavy atom. The molecule has 3 heterocycles. The summed E-state index contributed by atoms with van der Waals surface area (Å²) < 4.78 is 14.8. The van der Waals surface area contributed by atoms with Crippen LogP contribution in [0.1, 0.15) is 37.0 Å². The number of aromatic nitrogens is 1. The summed E-state index contributed by atoms with van der Waals surface area (Å²) in [7, 11) is 2.05. The molecule has 0 atom stereocenters. The quantitative estimate of drug-likeness (QED) is 0.268. The number of ether oxygens (including phenoxy) is 1. The first-order valence-corrected chi connectivity index (χ1v) is 12.0. The van der Waals surface area contributed by atoms with E-state index in [0.29, 0.717) is 5.56 Å². The molecule has 0 saturated heterocycles. The summed E-state index contributed by atoms with van der Waals surface area (Å²) in [5, 5.41) is 12.1. The maximum absolute atomic E-state index is 10.0. The van der Waals surface area contributed by atoms with Crippen LogP contribution < -0.4 is 9.30 Å². The number of nitriles is 1. The van der Waals surface area contributed by atoms with E-state index in [1.165, 1.54) is 5.56 Å². The molecule has 4 nitrogen and oxygen atoms in total. The monoisotopic (exact) mass is 459 g/mol. The van der Waals surface area contributed by atoms with Gasteiger partial charge in [0.15, 0.2) is 6.20 Å². The molecule has 0 amide bonds. The van der Waals surface area contributed by atoms with Gasteiger partial charge in [-0.05, 0) is 60.2 Å². The van der Waals surface area contributed by atoms with Gasteiger partial charge in [0.25, 0.3) is 0 Å². The first-order valence-electron chi connectivity index (χ1n) is 12.0. The summed E-state index contributed by atoms with van der Waals surface area (Å²) in [6.45, 7) is 7.34. The molecular weight excluding hydrogens is 432 g/mol. The fourth-order valence-corrected chi connectivity index (χ4v) is 5.37. The van der Waals surface area contributed by atoms with E-state index in [2.05, 4.69) is 55.7 Å². The number of fused-ring (bicyclic) bond motifs is 4. The Morgan fingerprint density at radius 1 is 0.943 bits per heavy atom. The summed E-state index contributed by atoms with van der Waals surface area (Å²) in [5.74, 6) is 0.926. The van der Waals surface area contributed by atoms with Gasteiger partial charge >= 0.3 is 0 Å². The van der Waals surface area contributed by atoms with Gasteiger partial charge in [-0.25, -0.2) is 4.57 Å². The molecule has 0 N–H and O–H groups in total. The van der Waals surface area contributed by atoms with Crippen LogP contribution in [0.4, 0.5) is 0 Å². The van der Waals surface area contributed by atoms with Crippen LogP contribution in [0.15, 0.2) is 71.3 Å². The smallest absolute Gasteiger partial charge is 0.216 e. The van der Waals surface area contributed by atoms with Gasteiger partial charge in [0.2, 0.25) is 5.69 Å². The minimum absolute atomic E-state index is 0.00448. The van der Waals surface area contributed by atoms with Crippen LogP contribution in [-0.4, -0.2) is 6.61 Å². The Hall–Kier alpha value is -4.10. The highest BCUT2D eigenvalue weighted by atomic mass is 16.5. The zero-order chi connectivity index (χ0) is 24.3. The van der Waals surface area contributed by atoms with Gasteiger partial charge in [0.05, 0.1) is 23.8 Å². The van der Waals surface area contributed by atoms with E-state index >= 15 is 0 Å². The normalized spacial score (nSPS) is 14.5. The molecule has 1 aliphatic heterocycles. The second kappa shape index (κ2) is 7.71. The van der Waals surface area contributed by atoms with Crippen molar-refractivity contribution in [3.8, 4) is 34.2 Å². The van der Waals surface area contributed by atoms with Crippen LogP contribution in [0.5, 0.6) is 5.75 Å².